The standard InChI is InChI=1S/C11H12FNO3/c1-11(10(14)15-2)6-16-9-7(12)4-3-5-8(9)13-11/h3-5,13H,6H2,1-2H3. The van der Waals surface area contributed by atoms with Crippen molar-refractivity contribution in [1.82, 2.24) is 0 Å². The van der Waals surface area contributed by atoms with Gasteiger partial charge < -0.3 is 14.8 Å². The molecule has 4 nitrogen and oxygen atoms in total. The van der Waals surface area contributed by atoms with Crippen LogP contribution in [0.5, 0.6) is 5.75 Å². The summed E-state index contributed by atoms with van der Waals surface area (Å²) in [6.07, 6.45) is 0. The molecular weight excluding hydrogens is 213 g/mol. The third kappa shape index (κ3) is 1.58. The Morgan fingerprint density at radius 3 is 3.06 bits per heavy atom. The second-order valence-electron chi connectivity index (χ2n) is 3.85. The lowest BCUT2D eigenvalue weighted by molar-refractivity contribution is -0.146. The van der Waals surface area contributed by atoms with E-state index >= 15 is 0 Å². The van der Waals surface area contributed by atoms with Crippen molar-refractivity contribution in [2.45, 2.75) is 12.5 Å². The average Bonchev–Trinajstić information content (AvgIpc) is 2.28. The van der Waals surface area contributed by atoms with Gasteiger partial charge in [0, 0.05) is 0 Å². The summed E-state index contributed by atoms with van der Waals surface area (Å²) in [5, 5.41) is 2.93. The zero-order valence-electron chi connectivity index (χ0n) is 9.04. The van der Waals surface area contributed by atoms with Crippen LogP contribution in [0.4, 0.5) is 10.1 Å². The first-order valence-corrected chi connectivity index (χ1v) is 4.85. The van der Waals surface area contributed by atoms with Crippen LogP contribution in [0, 0.1) is 5.82 Å². The third-order valence-corrected chi connectivity index (χ3v) is 2.52. The molecule has 0 saturated heterocycles. The highest BCUT2D eigenvalue weighted by Crippen LogP contribution is 2.34. The minimum Gasteiger partial charge on any atom is -0.485 e. The quantitative estimate of drug-likeness (QED) is 0.737. The van der Waals surface area contributed by atoms with E-state index in [0.717, 1.165) is 0 Å². The summed E-state index contributed by atoms with van der Waals surface area (Å²) in [6, 6.07) is 4.51. The van der Waals surface area contributed by atoms with Crippen LogP contribution in [0.25, 0.3) is 0 Å². The molecule has 0 amide bonds. The molecule has 5 heteroatoms. The van der Waals surface area contributed by atoms with E-state index in [0.29, 0.717) is 5.69 Å². The monoisotopic (exact) mass is 225 g/mol. The summed E-state index contributed by atoms with van der Waals surface area (Å²) < 4.78 is 23.2. The van der Waals surface area contributed by atoms with Crippen LogP contribution in [-0.4, -0.2) is 25.2 Å². The van der Waals surface area contributed by atoms with E-state index in [4.69, 9.17) is 4.74 Å². The van der Waals surface area contributed by atoms with Gasteiger partial charge in [-0.05, 0) is 19.1 Å². The van der Waals surface area contributed by atoms with Crippen molar-refractivity contribution in [2.75, 3.05) is 19.0 Å². The largest absolute Gasteiger partial charge is 0.485 e. The van der Waals surface area contributed by atoms with E-state index in [1.165, 1.54) is 13.2 Å². The average molecular weight is 225 g/mol. The number of anilines is 1. The lowest BCUT2D eigenvalue weighted by atomic mass is 10.0. The number of nitrogens with one attached hydrogen (secondary N) is 1. The van der Waals surface area contributed by atoms with Crippen molar-refractivity contribution >= 4 is 11.7 Å². The minimum atomic E-state index is -0.977. The molecule has 1 aromatic carbocycles. The Balaban J connectivity index is 2.34. The Morgan fingerprint density at radius 1 is 1.62 bits per heavy atom. The highest BCUT2D eigenvalue weighted by Gasteiger charge is 2.39. The molecule has 0 spiro atoms. The number of benzene rings is 1. The maximum Gasteiger partial charge on any atom is 0.334 e. The highest BCUT2D eigenvalue weighted by molar-refractivity contribution is 5.85. The van der Waals surface area contributed by atoms with Crippen LogP contribution in [0.15, 0.2) is 18.2 Å². The van der Waals surface area contributed by atoms with E-state index in [1.807, 2.05) is 0 Å². The van der Waals surface area contributed by atoms with E-state index < -0.39 is 17.3 Å². The van der Waals surface area contributed by atoms with Gasteiger partial charge in [0.2, 0.25) is 0 Å². The van der Waals surface area contributed by atoms with Crippen molar-refractivity contribution in [2.24, 2.45) is 0 Å². The number of ether oxygens (including phenoxy) is 2. The van der Waals surface area contributed by atoms with E-state index in [1.54, 1.807) is 19.1 Å². The van der Waals surface area contributed by atoms with E-state index in [-0.39, 0.29) is 12.4 Å². The smallest absolute Gasteiger partial charge is 0.334 e. The Kier molecular flexibility index (Phi) is 2.46. The van der Waals surface area contributed by atoms with Crippen molar-refractivity contribution in [3.8, 4) is 5.75 Å². The number of fused-ring (bicyclic) bond motifs is 1. The molecule has 0 aromatic heterocycles. The maximum atomic E-state index is 13.3. The predicted octanol–water partition coefficient (Wildman–Crippen LogP) is 1.56. The molecule has 0 fully saturated rings. The molecule has 0 aliphatic carbocycles. The van der Waals surface area contributed by atoms with Gasteiger partial charge in [-0.25, -0.2) is 9.18 Å². The second kappa shape index (κ2) is 3.66. The zero-order chi connectivity index (χ0) is 11.8. The Bertz CT molecular complexity index is 435. The van der Waals surface area contributed by atoms with Gasteiger partial charge in [0.05, 0.1) is 12.8 Å². The normalized spacial score (nSPS) is 22.7. The minimum absolute atomic E-state index is 0.0353. The molecule has 1 aromatic rings. The molecule has 2 rings (SSSR count). The molecular formula is C11H12FNO3. The fourth-order valence-electron chi connectivity index (χ4n) is 1.64. The first kappa shape index (κ1) is 10.7. The van der Waals surface area contributed by atoms with Crippen molar-refractivity contribution in [3.63, 3.8) is 0 Å². The Labute approximate surface area is 92.4 Å². The first-order chi connectivity index (χ1) is 7.57. The maximum absolute atomic E-state index is 13.3. The summed E-state index contributed by atoms with van der Waals surface area (Å²) in [4.78, 5) is 11.5. The lowest BCUT2D eigenvalue weighted by Gasteiger charge is -2.34. The van der Waals surface area contributed by atoms with Crippen molar-refractivity contribution in [1.29, 1.82) is 0 Å². The van der Waals surface area contributed by atoms with Gasteiger partial charge in [0.15, 0.2) is 17.1 Å². The summed E-state index contributed by atoms with van der Waals surface area (Å²) >= 11 is 0. The van der Waals surface area contributed by atoms with Crippen molar-refractivity contribution in [3.05, 3.63) is 24.0 Å². The van der Waals surface area contributed by atoms with Gasteiger partial charge in [-0.1, -0.05) is 6.07 Å². The fraction of sp³-hybridized carbons (Fsp3) is 0.364. The molecule has 1 atom stereocenters. The third-order valence-electron chi connectivity index (χ3n) is 2.52. The molecule has 0 radical (unpaired) electrons. The molecule has 1 N–H and O–H groups in total. The highest BCUT2D eigenvalue weighted by atomic mass is 19.1. The van der Waals surface area contributed by atoms with Gasteiger partial charge >= 0.3 is 5.97 Å². The molecule has 0 bridgehead atoms. The second-order valence-corrected chi connectivity index (χ2v) is 3.85. The van der Waals surface area contributed by atoms with Crippen LogP contribution in [0.1, 0.15) is 6.92 Å². The number of hydrogen-bond acceptors (Lipinski definition) is 4. The van der Waals surface area contributed by atoms with Gasteiger partial charge in [0.1, 0.15) is 6.61 Å². The van der Waals surface area contributed by atoms with Crippen LogP contribution in [0.3, 0.4) is 0 Å². The molecule has 1 unspecified atom stereocenters. The number of carbonyl (C=O) groups excluding carboxylic acids is 1. The number of esters is 1. The molecule has 1 aliphatic heterocycles. The molecule has 86 valence electrons. The van der Waals surface area contributed by atoms with Gasteiger partial charge in [0.25, 0.3) is 0 Å². The lowest BCUT2D eigenvalue weighted by Crippen LogP contribution is -2.51. The predicted molar refractivity (Wildman–Crippen MR) is 55.9 cm³/mol. The Morgan fingerprint density at radius 2 is 2.38 bits per heavy atom. The fourth-order valence-corrected chi connectivity index (χ4v) is 1.64. The molecule has 1 heterocycles. The van der Waals surface area contributed by atoms with E-state index in [2.05, 4.69) is 10.1 Å². The van der Waals surface area contributed by atoms with Crippen LogP contribution >= 0.6 is 0 Å². The Hall–Kier alpha value is -1.78. The van der Waals surface area contributed by atoms with Crippen LogP contribution < -0.4 is 10.1 Å². The van der Waals surface area contributed by atoms with Gasteiger partial charge in [-0.3, -0.25) is 0 Å². The number of methoxy groups -OCH3 is 1. The van der Waals surface area contributed by atoms with Crippen LogP contribution in [-0.2, 0) is 9.53 Å². The summed E-state index contributed by atoms with van der Waals surface area (Å²) in [5.41, 5.74) is -0.519. The topological polar surface area (TPSA) is 47.6 Å². The number of carbonyl (C=O) groups is 1. The summed E-state index contributed by atoms with van der Waals surface area (Å²) in [7, 11) is 1.30. The SMILES string of the molecule is COC(=O)C1(C)COc2c(F)cccc2N1. The summed E-state index contributed by atoms with van der Waals surface area (Å²) in [5.74, 6) is -0.747. The number of rotatable bonds is 1. The van der Waals surface area contributed by atoms with Gasteiger partial charge in [-0.2, -0.15) is 0 Å². The number of para-hydroxylation sites is 1. The molecule has 0 saturated carbocycles. The van der Waals surface area contributed by atoms with Crippen molar-refractivity contribution < 1.29 is 18.7 Å². The van der Waals surface area contributed by atoms with Gasteiger partial charge in [-0.15, -0.1) is 0 Å². The number of halogens is 1. The zero-order valence-corrected chi connectivity index (χ0v) is 9.04. The number of hydrogen-bond donors (Lipinski definition) is 1. The molecule has 16 heavy (non-hydrogen) atoms. The first-order valence-electron chi connectivity index (χ1n) is 4.85. The van der Waals surface area contributed by atoms with Crippen LogP contribution in [0.2, 0.25) is 0 Å². The van der Waals surface area contributed by atoms with E-state index in [9.17, 15) is 9.18 Å². The molecule has 1 aliphatic rings. The summed E-state index contributed by atoms with van der Waals surface area (Å²) in [6.45, 7) is 1.68.